The molecule has 2 aromatic heterocycles. The third-order valence-electron chi connectivity index (χ3n) is 6.20. The summed E-state index contributed by atoms with van der Waals surface area (Å²) < 4.78 is 34.1. The highest BCUT2D eigenvalue weighted by Gasteiger charge is 2.45. The predicted octanol–water partition coefficient (Wildman–Crippen LogP) is 0.901. The number of amides is 2. The molecule has 2 amide bonds. The van der Waals surface area contributed by atoms with Crippen LogP contribution in [-0.4, -0.2) is 68.3 Å². The van der Waals surface area contributed by atoms with E-state index in [2.05, 4.69) is 20.3 Å². The molecule has 39 heavy (non-hydrogen) atoms. The maximum atomic E-state index is 12.6. The van der Waals surface area contributed by atoms with Crippen LogP contribution in [-0.2, 0) is 19.6 Å². The SMILES string of the molecule is Cc1ccc(S(=O)(=O)NC(=O)C[C@H]2O[C@@H](n3cnc4c(NC(=O)c5ccccc5)ncnc43)[C@H](O)[C@@H]2O)cc1. The van der Waals surface area contributed by atoms with Crippen molar-refractivity contribution in [1.29, 1.82) is 0 Å². The van der Waals surface area contributed by atoms with Gasteiger partial charge in [-0.25, -0.2) is 28.1 Å². The molecule has 1 aliphatic heterocycles. The summed E-state index contributed by atoms with van der Waals surface area (Å²) in [5, 5.41) is 23.9. The molecule has 3 heterocycles. The number of anilines is 1. The number of rotatable bonds is 7. The van der Waals surface area contributed by atoms with Gasteiger partial charge in [0.15, 0.2) is 23.2 Å². The number of carbonyl (C=O) groups excluding carboxylic acids is 2. The number of sulfonamides is 1. The zero-order valence-electron chi connectivity index (χ0n) is 20.5. The molecule has 0 unspecified atom stereocenters. The Morgan fingerprint density at radius 3 is 2.44 bits per heavy atom. The van der Waals surface area contributed by atoms with Gasteiger partial charge in [-0.1, -0.05) is 35.9 Å². The van der Waals surface area contributed by atoms with Crippen molar-refractivity contribution in [2.24, 2.45) is 0 Å². The summed E-state index contributed by atoms with van der Waals surface area (Å²) in [5.41, 5.74) is 1.66. The summed E-state index contributed by atoms with van der Waals surface area (Å²) in [4.78, 5) is 37.5. The second-order valence-electron chi connectivity index (χ2n) is 8.96. The molecule has 1 saturated heterocycles. The van der Waals surface area contributed by atoms with Crippen molar-refractivity contribution in [3.8, 4) is 0 Å². The molecule has 13 nitrogen and oxygen atoms in total. The molecule has 4 aromatic rings. The Balaban J connectivity index is 1.31. The highest BCUT2D eigenvalue weighted by atomic mass is 32.2. The van der Waals surface area contributed by atoms with Crippen molar-refractivity contribution in [2.75, 3.05) is 5.32 Å². The lowest BCUT2D eigenvalue weighted by Crippen LogP contribution is -2.37. The van der Waals surface area contributed by atoms with Gasteiger partial charge in [0.1, 0.15) is 18.5 Å². The van der Waals surface area contributed by atoms with Gasteiger partial charge in [-0.05, 0) is 31.2 Å². The van der Waals surface area contributed by atoms with Gasteiger partial charge < -0.3 is 20.3 Å². The van der Waals surface area contributed by atoms with Gasteiger partial charge in [-0.2, -0.15) is 0 Å². The van der Waals surface area contributed by atoms with Gasteiger partial charge in [-0.15, -0.1) is 0 Å². The average Bonchev–Trinajstić information content (AvgIpc) is 3.46. The number of nitrogens with zero attached hydrogens (tertiary/aromatic N) is 4. The smallest absolute Gasteiger partial charge is 0.264 e. The van der Waals surface area contributed by atoms with E-state index in [0.717, 1.165) is 5.56 Å². The topological polar surface area (TPSA) is 186 Å². The van der Waals surface area contributed by atoms with Crippen LogP contribution >= 0.6 is 0 Å². The largest absolute Gasteiger partial charge is 0.388 e. The van der Waals surface area contributed by atoms with E-state index in [1.54, 1.807) is 49.4 Å². The predicted molar refractivity (Wildman–Crippen MR) is 137 cm³/mol. The number of fused-ring (bicyclic) bond motifs is 1. The molecule has 5 rings (SSSR count). The number of nitrogens with one attached hydrogen (secondary N) is 2. The van der Waals surface area contributed by atoms with Crippen LogP contribution in [0.25, 0.3) is 11.2 Å². The van der Waals surface area contributed by atoms with E-state index in [1.807, 2.05) is 4.72 Å². The maximum Gasteiger partial charge on any atom is 0.264 e. The Hall–Kier alpha value is -4.24. The van der Waals surface area contributed by atoms with Crippen LogP contribution in [0.1, 0.15) is 28.6 Å². The fourth-order valence-electron chi connectivity index (χ4n) is 4.18. The number of hydrogen-bond donors (Lipinski definition) is 4. The summed E-state index contributed by atoms with van der Waals surface area (Å²) in [5.74, 6) is -1.21. The molecule has 4 N–H and O–H groups in total. The van der Waals surface area contributed by atoms with Crippen LogP contribution in [0.3, 0.4) is 0 Å². The van der Waals surface area contributed by atoms with Gasteiger partial charge in [0.2, 0.25) is 5.91 Å². The van der Waals surface area contributed by atoms with E-state index in [4.69, 9.17) is 4.74 Å². The molecular weight excluding hydrogens is 528 g/mol. The number of aliphatic hydroxyl groups is 2. The normalized spacial score (nSPS) is 21.1. The maximum absolute atomic E-state index is 12.6. The van der Waals surface area contributed by atoms with Crippen LogP contribution in [0.5, 0.6) is 0 Å². The van der Waals surface area contributed by atoms with Gasteiger partial charge in [0.05, 0.1) is 23.7 Å². The monoisotopic (exact) mass is 552 g/mol. The summed E-state index contributed by atoms with van der Waals surface area (Å²) in [7, 11) is -4.14. The van der Waals surface area contributed by atoms with E-state index in [9.17, 15) is 28.2 Å². The molecule has 0 radical (unpaired) electrons. The number of ether oxygens (including phenoxy) is 1. The highest BCUT2D eigenvalue weighted by Crippen LogP contribution is 2.33. The highest BCUT2D eigenvalue weighted by molar-refractivity contribution is 7.90. The lowest BCUT2D eigenvalue weighted by atomic mass is 10.1. The zero-order chi connectivity index (χ0) is 27.7. The summed E-state index contributed by atoms with van der Waals surface area (Å²) >= 11 is 0. The molecule has 2 aromatic carbocycles. The Bertz CT molecular complexity index is 1630. The van der Waals surface area contributed by atoms with Gasteiger partial charge in [-0.3, -0.25) is 14.2 Å². The molecule has 0 bridgehead atoms. The first kappa shape index (κ1) is 26.4. The minimum atomic E-state index is -4.14. The van der Waals surface area contributed by atoms with E-state index in [-0.39, 0.29) is 21.9 Å². The van der Waals surface area contributed by atoms with E-state index >= 15 is 0 Å². The van der Waals surface area contributed by atoms with Crippen molar-refractivity contribution in [1.82, 2.24) is 24.2 Å². The van der Waals surface area contributed by atoms with Gasteiger partial charge in [0.25, 0.3) is 15.9 Å². The summed E-state index contributed by atoms with van der Waals surface area (Å²) in [6.45, 7) is 1.80. The van der Waals surface area contributed by atoms with Crippen molar-refractivity contribution >= 4 is 38.8 Å². The third kappa shape index (κ3) is 5.35. The standard InChI is InChI=1S/C25H24N6O7S/c1-14-7-9-16(10-8-14)39(36,37)30-18(32)11-17-20(33)21(34)25(38-17)31-13-28-19-22(26-12-27-23(19)31)29-24(35)15-5-3-2-4-6-15/h2-10,12-13,17,20-21,25,33-34H,11H2,1H3,(H,30,32)(H,26,27,29,35)/t17-,20-,21-,25-/m1/s1. The van der Waals surface area contributed by atoms with Crippen LogP contribution in [0.4, 0.5) is 5.82 Å². The summed E-state index contributed by atoms with van der Waals surface area (Å²) in [6, 6.07) is 14.4. The van der Waals surface area contributed by atoms with Crippen molar-refractivity contribution in [2.45, 2.75) is 42.8 Å². The molecule has 1 aliphatic rings. The molecule has 4 atom stereocenters. The first-order chi connectivity index (χ1) is 18.6. The van der Waals surface area contributed by atoms with Crippen LogP contribution < -0.4 is 10.0 Å². The second-order valence-corrected chi connectivity index (χ2v) is 10.6. The first-order valence-corrected chi connectivity index (χ1v) is 13.3. The Morgan fingerprint density at radius 2 is 1.72 bits per heavy atom. The van der Waals surface area contributed by atoms with Crippen molar-refractivity contribution in [3.05, 3.63) is 78.4 Å². The zero-order valence-corrected chi connectivity index (χ0v) is 21.3. The van der Waals surface area contributed by atoms with E-state index < -0.39 is 52.8 Å². The second kappa shape index (κ2) is 10.5. The van der Waals surface area contributed by atoms with Crippen LogP contribution in [0.2, 0.25) is 0 Å². The molecule has 0 saturated carbocycles. The molecule has 1 fully saturated rings. The number of imidazole rings is 1. The number of aryl methyl sites for hydroxylation is 1. The fraction of sp³-hybridized carbons (Fsp3) is 0.240. The molecule has 14 heteroatoms. The minimum Gasteiger partial charge on any atom is -0.388 e. The Labute approximate surface area is 222 Å². The molecule has 0 spiro atoms. The molecule has 0 aliphatic carbocycles. The number of benzene rings is 2. The molecule has 202 valence electrons. The Kier molecular flexibility index (Phi) is 7.10. The van der Waals surface area contributed by atoms with E-state index in [0.29, 0.717) is 5.56 Å². The third-order valence-corrected chi connectivity index (χ3v) is 7.59. The van der Waals surface area contributed by atoms with Crippen LogP contribution in [0, 0.1) is 6.92 Å². The van der Waals surface area contributed by atoms with Gasteiger partial charge in [0, 0.05) is 5.56 Å². The lowest BCUT2D eigenvalue weighted by molar-refractivity contribution is -0.124. The lowest BCUT2D eigenvalue weighted by Gasteiger charge is -2.16. The quantitative estimate of drug-likeness (QED) is 0.257. The van der Waals surface area contributed by atoms with Crippen molar-refractivity contribution in [3.63, 3.8) is 0 Å². The Morgan fingerprint density at radius 1 is 1.00 bits per heavy atom. The van der Waals surface area contributed by atoms with Gasteiger partial charge >= 0.3 is 0 Å². The average molecular weight is 553 g/mol. The van der Waals surface area contributed by atoms with Crippen molar-refractivity contribution < 1.29 is 33.0 Å². The number of hydrogen-bond acceptors (Lipinski definition) is 10. The molecular formula is C25H24N6O7S. The number of aliphatic hydroxyl groups excluding tert-OH is 2. The number of carbonyl (C=O) groups is 2. The number of aromatic nitrogens is 4. The minimum absolute atomic E-state index is 0.0908. The fourth-order valence-corrected chi connectivity index (χ4v) is 5.17. The first-order valence-electron chi connectivity index (χ1n) is 11.8. The van der Waals surface area contributed by atoms with E-state index in [1.165, 1.54) is 29.4 Å². The van der Waals surface area contributed by atoms with Crippen LogP contribution in [0.15, 0.2) is 72.1 Å². The summed E-state index contributed by atoms with van der Waals surface area (Å²) in [6.07, 6.45) is -3.49.